The molecule has 1 saturated heterocycles. The fourth-order valence-corrected chi connectivity index (χ4v) is 4.35. The van der Waals surface area contributed by atoms with Crippen LogP contribution < -0.4 is 5.32 Å². The first-order valence-electron chi connectivity index (χ1n) is 10.6. The molecule has 1 amide bonds. The molecule has 2 fully saturated rings. The van der Waals surface area contributed by atoms with Crippen molar-refractivity contribution in [3.8, 4) is 0 Å². The van der Waals surface area contributed by atoms with Crippen LogP contribution in [0.2, 0.25) is 0 Å². The van der Waals surface area contributed by atoms with Crippen molar-refractivity contribution in [1.29, 1.82) is 0 Å². The predicted octanol–water partition coefficient (Wildman–Crippen LogP) is 4.97. The van der Waals surface area contributed by atoms with Gasteiger partial charge >= 0.3 is 6.09 Å². The number of nitrogens with zero attached hydrogens (tertiary/aromatic N) is 1. The summed E-state index contributed by atoms with van der Waals surface area (Å²) in [6.45, 7) is 10.9. The molecule has 0 radical (unpaired) electrons. The quantitative estimate of drug-likeness (QED) is 0.733. The molecule has 1 atom stereocenters. The van der Waals surface area contributed by atoms with Gasteiger partial charge in [0.2, 0.25) is 0 Å². The highest BCUT2D eigenvalue weighted by molar-refractivity contribution is 5.68. The van der Waals surface area contributed by atoms with Crippen LogP contribution in [0.3, 0.4) is 0 Å². The van der Waals surface area contributed by atoms with E-state index in [0.29, 0.717) is 5.92 Å². The maximum absolute atomic E-state index is 12.3. The van der Waals surface area contributed by atoms with Crippen LogP contribution in [-0.2, 0) is 4.74 Å². The summed E-state index contributed by atoms with van der Waals surface area (Å²) in [5, 5.41) is 3.78. The molecule has 146 valence electrons. The van der Waals surface area contributed by atoms with Gasteiger partial charge in [-0.2, -0.15) is 0 Å². The maximum atomic E-state index is 12.3. The topological polar surface area (TPSA) is 41.6 Å². The van der Waals surface area contributed by atoms with Gasteiger partial charge in [-0.3, -0.25) is 0 Å². The highest BCUT2D eigenvalue weighted by Gasteiger charge is 2.27. The molecule has 0 aromatic heterocycles. The average Bonchev–Trinajstić information content (AvgIpc) is 2.55. The van der Waals surface area contributed by atoms with Crippen LogP contribution in [0.25, 0.3) is 0 Å². The van der Waals surface area contributed by atoms with Crippen LogP contribution in [0, 0.1) is 11.8 Å². The van der Waals surface area contributed by atoms with Crippen LogP contribution in [-0.4, -0.2) is 42.3 Å². The van der Waals surface area contributed by atoms with Crippen LogP contribution >= 0.6 is 0 Å². The van der Waals surface area contributed by atoms with Crippen molar-refractivity contribution in [2.75, 3.05) is 19.6 Å². The molecule has 1 aliphatic carbocycles. The Balaban J connectivity index is 1.63. The van der Waals surface area contributed by atoms with Gasteiger partial charge in [0.05, 0.1) is 0 Å². The highest BCUT2D eigenvalue weighted by Crippen LogP contribution is 2.28. The van der Waals surface area contributed by atoms with Crippen LogP contribution in [0.4, 0.5) is 4.79 Å². The van der Waals surface area contributed by atoms with E-state index in [0.717, 1.165) is 38.0 Å². The van der Waals surface area contributed by atoms with E-state index < -0.39 is 5.60 Å². The Morgan fingerprint density at radius 2 is 1.80 bits per heavy atom. The summed E-state index contributed by atoms with van der Waals surface area (Å²) in [6.07, 6.45) is 11.6. The van der Waals surface area contributed by atoms with Crippen molar-refractivity contribution >= 4 is 6.09 Å². The summed E-state index contributed by atoms with van der Waals surface area (Å²) in [4.78, 5) is 14.2. The van der Waals surface area contributed by atoms with Gasteiger partial charge in [0.15, 0.2) is 0 Å². The van der Waals surface area contributed by atoms with Crippen molar-refractivity contribution in [3.05, 3.63) is 0 Å². The number of carbonyl (C=O) groups is 1. The van der Waals surface area contributed by atoms with E-state index in [2.05, 4.69) is 12.2 Å². The van der Waals surface area contributed by atoms with Crippen LogP contribution in [0.1, 0.15) is 85.5 Å². The number of nitrogens with one attached hydrogen (secondary N) is 1. The number of hydrogen-bond acceptors (Lipinski definition) is 3. The molecule has 0 aromatic carbocycles. The molecule has 1 unspecified atom stereocenters. The lowest BCUT2D eigenvalue weighted by atomic mass is 9.83. The third kappa shape index (κ3) is 7.55. The minimum atomic E-state index is -0.401. The third-order valence-corrected chi connectivity index (χ3v) is 5.70. The number of ether oxygens (including phenoxy) is 1. The van der Waals surface area contributed by atoms with Crippen molar-refractivity contribution < 1.29 is 9.53 Å². The molecule has 0 aromatic rings. The zero-order chi connectivity index (χ0) is 18.3. The summed E-state index contributed by atoms with van der Waals surface area (Å²) < 4.78 is 5.53. The Morgan fingerprint density at radius 1 is 1.08 bits per heavy atom. The molecule has 1 aliphatic heterocycles. The van der Waals surface area contributed by atoms with Crippen molar-refractivity contribution in [1.82, 2.24) is 10.2 Å². The van der Waals surface area contributed by atoms with Crippen molar-refractivity contribution in [3.63, 3.8) is 0 Å². The van der Waals surface area contributed by atoms with Crippen LogP contribution in [0.5, 0.6) is 0 Å². The van der Waals surface area contributed by atoms with E-state index in [1.165, 1.54) is 51.4 Å². The number of piperidine rings is 1. The Hall–Kier alpha value is -0.770. The third-order valence-electron chi connectivity index (χ3n) is 5.70. The molecule has 1 heterocycles. The first-order valence-corrected chi connectivity index (χ1v) is 10.6. The molecule has 4 nitrogen and oxygen atoms in total. The smallest absolute Gasteiger partial charge is 0.410 e. The largest absolute Gasteiger partial charge is 0.444 e. The standard InChI is InChI=1S/C21H40N2O2/c1-5-7-17-9-11-19(12-10-17)22-14-13-18-8-6-15-23(16-18)20(24)25-21(2,3)4/h17-19,22H,5-16H2,1-4H3. The second-order valence-electron chi connectivity index (χ2n) is 9.18. The summed E-state index contributed by atoms with van der Waals surface area (Å²) in [5.74, 6) is 1.59. The van der Waals surface area contributed by atoms with Gasteiger partial charge in [0, 0.05) is 19.1 Å². The van der Waals surface area contributed by atoms with Gasteiger partial charge in [0.25, 0.3) is 0 Å². The lowest BCUT2D eigenvalue weighted by molar-refractivity contribution is 0.0161. The predicted molar refractivity (Wildman–Crippen MR) is 104 cm³/mol. The van der Waals surface area contributed by atoms with Crippen molar-refractivity contribution in [2.24, 2.45) is 11.8 Å². The van der Waals surface area contributed by atoms with Gasteiger partial charge in [-0.1, -0.05) is 19.8 Å². The average molecular weight is 353 g/mol. The monoisotopic (exact) mass is 352 g/mol. The maximum Gasteiger partial charge on any atom is 0.410 e. The second-order valence-corrected chi connectivity index (χ2v) is 9.18. The zero-order valence-corrected chi connectivity index (χ0v) is 17.0. The van der Waals surface area contributed by atoms with E-state index in [9.17, 15) is 4.79 Å². The second kappa shape index (κ2) is 9.80. The van der Waals surface area contributed by atoms with E-state index >= 15 is 0 Å². The minimum absolute atomic E-state index is 0.139. The molecule has 1 saturated carbocycles. The van der Waals surface area contributed by atoms with Gasteiger partial charge < -0.3 is 15.0 Å². The van der Waals surface area contributed by atoms with Crippen LogP contribution in [0.15, 0.2) is 0 Å². The molecular weight excluding hydrogens is 312 g/mol. The number of rotatable bonds is 6. The summed E-state index contributed by atoms with van der Waals surface area (Å²) in [5.41, 5.74) is -0.401. The zero-order valence-electron chi connectivity index (χ0n) is 17.0. The lowest BCUT2D eigenvalue weighted by Gasteiger charge is -2.34. The van der Waals surface area contributed by atoms with E-state index in [1.807, 2.05) is 25.7 Å². The highest BCUT2D eigenvalue weighted by atomic mass is 16.6. The number of amides is 1. The Kier molecular flexibility index (Phi) is 8.05. The SMILES string of the molecule is CCCC1CCC(NCCC2CCCN(C(=O)OC(C)(C)C)C2)CC1. The first-order chi connectivity index (χ1) is 11.9. The normalized spacial score (nSPS) is 28.0. The molecule has 1 N–H and O–H groups in total. The van der Waals surface area contributed by atoms with Gasteiger partial charge in [-0.25, -0.2) is 4.79 Å². The Morgan fingerprint density at radius 3 is 2.44 bits per heavy atom. The Bertz CT molecular complexity index is 397. The lowest BCUT2D eigenvalue weighted by Crippen LogP contribution is -2.43. The van der Waals surface area contributed by atoms with Crippen molar-refractivity contribution in [2.45, 2.75) is 97.1 Å². The van der Waals surface area contributed by atoms with Gasteiger partial charge in [-0.15, -0.1) is 0 Å². The number of hydrogen-bond donors (Lipinski definition) is 1. The fourth-order valence-electron chi connectivity index (χ4n) is 4.35. The van der Waals surface area contributed by atoms with E-state index in [1.54, 1.807) is 0 Å². The van der Waals surface area contributed by atoms with E-state index in [-0.39, 0.29) is 6.09 Å². The summed E-state index contributed by atoms with van der Waals surface area (Å²) in [6, 6.07) is 0.721. The summed E-state index contributed by atoms with van der Waals surface area (Å²) >= 11 is 0. The minimum Gasteiger partial charge on any atom is -0.444 e. The molecule has 0 bridgehead atoms. The first kappa shape index (κ1) is 20.5. The molecule has 25 heavy (non-hydrogen) atoms. The number of likely N-dealkylation sites (tertiary alicyclic amines) is 1. The molecule has 2 aliphatic rings. The molecule has 4 heteroatoms. The molecule has 2 rings (SSSR count). The molecular formula is C21H40N2O2. The van der Waals surface area contributed by atoms with E-state index in [4.69, 9.17) is 4.74 Å². The summed E-state index contributed by atoms with van der Waals surface area (Å²) in [7, 11) is 0. The number of carbonyl (C=O) groups excluding carboxylic acids is 1. The fraction of sp³-hybridized carbons (Fsp3) is 0.952. The van der Waals surface area contributed by atoms with Gasteiger partial charge in [-0.05, 0) is 84.1 Å². The Labute approximate surface area is 155 Å². The molecule has 0 spiro atoms. The van der Waals surface area contributed by atoms with Gasteiger partial charge in [0.1, 0.15) is 5.60 Å².